The van der Waals surface area contributed by atoms with E-state index >= 15 is 0 Å². The molecule has 2 heterocycles. The van der Waals surface area contributed by atoms with Gasteiger partial charge in [0.2, 0.25) is 0 Å². The van der Waals surface area contributed by atoms with Gasteiger partial charge in [-0.3, -0.25) is 4.90 Å². The van der Waals surface area contributed by atoms with Gasteiger partial charge < -0.3 is 9.47 Å². The van der Waals surface area contributed by atoms with E-state index in [1.54, 1.807) is 0 Å². The van der Waals surface area contributed by atoms with E-state index in [0.717, 1.165) is 52.1 Å². The van der Waals surface area contributed by atoms with E-state index in [2.05, 4.69) is 36.1 Å². The highest BCUT2D eigenvalue weighted by Crippen LogP contribution is 2.31. The molecule has 0 atom stereocenters. The fourth-order valence-corrected chi connectivity index (χ4v) is 2.98. The molecule has 1 spiro atoms. The van der Waals surface area contributed by atoms with Crippen molar-refractivity contribution in [1.29, 1.82) is 0 Å². The van der Waals surface area contributed by atoms with Crippen LogP contribution in [0.25, 0.3) is 0 Å². The Hall–Kier alpha value is -0.900. The topological polar surface area (TPSA) is 21.7 Å². The molecule has 1 aromatic rings. The number of benzene rings is 1. The first-order valence-corrected chi connectivity index (χ1v) is 7.38. The Balaban J connectivity index is 1.53. The molecule has 3 rings (SSSR count). The monoisotopic (exact) mass is 261 g/mol. The van der Waals surface area contributed by atoms with Crippen LogP contribution in [0.2, 0.25) is 0 Å². The lowest BCUT2D eigenvalue weighted by Crippen LogP contribution is -2.44. The van der Waals surface area contributed by atoms with Crippen LogP contribution in [0, 0.1) is 0 Å². The standard InChI is InChI=1S/C16H23NO2/c1-2-14-3-5-15(6-4-14)13-17-9-7-16(8-10-17)18-11-12-19-16/h3-6H,2,7-13H2,1H3. The van der Waals surface area contributed by atoms with Crippen LogP contribution in [-0.2, 0) is 22.4 Å². The summed E-state index contributed by atoms with van der Waals surface area (Å²) in [5.41, 5.74) is 2.82. The molecule has 0 bridgehead atoms. The Labute approximate surface area is 115 Å². The summed E-state index contributed by atoms with van der Waals surface area (Å²) in [6.45, 7) is 6.89. The lowest BCUT2D eigenvalue weighted by Gasteiger charge is -2.37. The minimum absolute atomic E-state index is 0.247. The van der Waals surface area contributed by atoms with Gasteiger partial charge in [-0.2, -0.15) is 0 Å². The molecule has 0 N–H and O–H groups in total. The van der Waals surface area contributed by atoms with Gasteiger partial charge in [-0.1, -0.05) is 31.2 Å². The maximum atomic E-state index is 5.76. The van der Waals surface area contributed by atoms with Crippen molar-refractivity contribution in [3.05, 3.63) is 35.4 Å². The maximum absolute atomic E-state index is 5.76. The Morgan fingerprint density at radius 1 is 1.00 bits per heavy atom. The van der Waals surface area contributed by atoms with Crippen LogP contribution < -0.4 is 0 Å². The van der Waals surface area contributed by atoms with E-state index in [1.807, 2.05) is 0 Å². The zero-order valence-electron chi connectivity index (χ0n) is 11.7. The molecule has 2 fully saturated rings. The van der Waals surface area contributed by atoms with Gasteiger partial charge in [0.15, 0.2) is 5.79 Å². The van der Waals surface area contributed by atoms with Crippen LogP contribution in [0.3, 0.4) is 0 Å². The van der Waals surface area contributed by atoms with Crippen LogP contribution in [0.5, 0.6) is 0 Å². The molecule has 3 nitrogen and oxygen atoms in total. The van der Waals surface area contributed by atoms with Crippen molar-refractivity contribution >= 4 is 0 Å². The molecule has 0 amide bonds. The average molecular weight is 261 g/mol. The van der Waals surface area contributed by atoms with Crippen LogP contribution in [-0.4, -0.2) is 37.0 Å². The summed E-state index contributed by atoms with van der Waals surface area (Å²) in [6, 6.07) is 8.99. The van der Waals surface area contributed by atoms with Crippen molar-refractivity contribution in [2.45, 2.75) is 38.5 Å². The number of aryl methyl sites for hydroxylation is 1. The van der Waals surface area contributed by atoms with Crippen molar-refractivity contribution in [2.75, 3.05) is 26.3 Å². The second-order valence-corrected chi connectivity index (χ2v) is 5.55. The first-order chi connectivity index (χ1) is 9.30. The number of rotatable bonds is 3. The van der Waals surface area contributed by atoms with Gasteiger partial charge in [-0.05, 0) is 17.5 Å². The summed E-state index contributed by atoms with van der Waals surface area (Å²) >= 11 is 0. The third-order valence-corrected chi connectivity index (χ3v) is 4.27. The number of hydrogen-bond donors (Lipinski definition) is 0. The van der Waals surface area contributed by atoms with Gasteiger partial charge in [-0.25, -0.2) is 0 Å². The van der Waals surface area contributed by atoms with Crippen molar-refractivity contribution in [3.63, 3.8) is 0 Å². The second kappa shape index (κ2) is 5.61. The minimum Gasteiger partial charge on any atom is -0.347 e. The van der Waals surface area contributed by atoms with E-state index in [1.165, 1.54) is 11.1 Å². The smallest absolute Gasteiger partial charge is 0.170 e. The number of ether oxygens (including phenoxy) is 2. The third-order valence-electron chi connectivity index (χ3n) is 4.27. The largest absolute Gasteiger partial charge is 0.347 e. The summed E-state index contributed by atoms with van der Waals surface area (Å²) in [7, 11) is 0. The first kappa shape index (κ1) is 13.1. The van der Waals surface area contributed by atoms with Crippen molar-refractivity contribution in [2.24, 2.45) is 0 Å². The highest BCUT2D eigenvalue weighted by molar-refractivity contribution is 5.22. The van der Waals surface area contributed by atoms with Crippen LogP contribution in [0.15, 0.2) is 24.3 Å². The van der Waals surface area contributed by atoms with E-state index in [-0.39, 0.29) is 5.79 Å². The molecule has 3 heteroatoms. The van der Waals surface area contributed by atoms with Gasteiger partial charge in [0.25, 0.3) is 0 Å². The van der Waals surface area contributed by atoms with E-state index in [9.17, 15) is 0 Å². The Bertz CT molecular complexity index is 399. The van der Waals surface area contributed by atoms with Gasteiger partial charge in [0.05, 0.1) is 13.2 Å². The summed E-state index contributed by atoms with van der Waals surface area (Å²) in [6.07, 6.45) is 3.11. The van der Waals surface area contributed by atoms with Gasteiger partial charge in [0, 0.05) is 32.5 Å². The number of hydrogen-bond acceptors (Lipinski definition) is 3. The zero-order valence-corrected chi connectivity index (χ0v) is 11.7. The van der Waals surface area contributed by atoms with Crippen molar-refractivity contribution in [1.82, 2.24) is 4.90 Å². The molecule has 0 saturated carbocycles. The number of nitrogens with zero attached hydrogens (tertiary/aromatic N) is 1. The summed E-state index contributed by atoms with van der Waals surface area (Å²) in [5.74, 6) is -0.247. The normalized spacial score (nSPS) is 23.0. The third kappa shape index (κ3) is 2.99. The van der Waals surface area contributed by atoms with Crippen molar-refractivity contribution in [3.8, 4) is 0 Å². The predicted molar refractivity (Wildman–Crippen MR) is 75.0 cm³/mol. The molecule has 2 aliphatic rings. The SMILES string of the molecule is CCc1ccc(CN2CCC3(CC2)OCCO3)cc1. The maximum Gasteiger partial charge on any atom is 0.170 e. The van der Waals surface area contributed by atoms with Crippen molar-refractivity contribution < 1.29 is 9.47 Å². The van der Waals surface area contributed by atoms with Gasteiger partial charge in [0.1, 0.15) is 0 Å². The van der Waals surface area contributed by atoms with Gasteiger partial charge >= 0.3 is 0 Å². The molecule has 2 saturated heterocycles. The molecular formula is C16H23NO2. The fraction of sp³-hybridized carbons (Fsp3) is 0.625. The molecule has 0 aromatic heterocycles. The summed E-state index contributed by atoms with van der Waals surface area (Å²) in [5, 5.41) is 0. The van der Waals surface area contributed by atoms with Crippen LogP contribution in [0.1, 0.15) is 30.9 Å². The van der Waals surface area contributed by atoms with E-state index in [0.29, 0.717) is 0 Å². The summed E-state index contributed by atoms with van der Waals surface area (Å²) < 4.78 is 11.5. The predicted octanol–water partition coefficient (Wildman–Crippen LogP) is 2.59. The molecule has 0 aliphatic carbocycles. The molecule has 1 aromatic carbocycles. The lowest BCUT2D eigenvalue weighted by molar-refractivity contribution is -0.185. The minimum atomic E-state index is -0.247. The van der Waals surface area contributed by atoms with E-state index in [4.69, 9.17) is 9.47 Å². The average Bonchev–Trinajstić information content (AvgIpc) is 2.91. The molecular weight excluding hydrogens is 238 g/mol. The molecule has 0 radical (unpaired) electrons. The molecule has 104 valence electrons. The van der Waals surface area contributed by atoms with Gasteiger partial charge in [-0.15, -0.1) is 0 Å². The van der Waals surface area contributed by atoms with E-state index < -0.39 is 0 Å². The highest BCUT2D eigenvalue weighted by atomic mass is 16.7. The summed E-state index contributed by atoms with van der Waals surface area (Å²) in [4.78, 5) is 2.50. The highest BCUT2D eigenvalue weighted by Gasteiger charge is 2.39. The Kier molecular flexibility index (Phi) is 3.87. The van der Waals surface area contributed by atoms with Crippen LogP contribution >= 0.6 is 0 Å². The Morgan fingerprint density at radius 3 is 2.16 bits per heavy atom. The quantitative estimate of drug-likeness (QED) is 0.835. The molecule has 2 aliphatic heterocycles. The fourth-order valence-electron chi connectivity index (χ4n) is 2.98. The number of likely N-dealkylation sites (tertiary alicyclic amines) is 1. The lowest BCUT2D eigenvalue weighted by atomic mass is 10.0. The van der Waals surface area contributed by atoms with Crippen LogP contribution in [0.4, 0.5) is 0 Å². The first-order valence-electron chi connectivity index (χ1n) is 7.38. The molecule has 0 unspecified atom stereocenters. The number of piperidine rings is 1. The second-order valence-electron chi connectivity index (χ2n) is 5.55. The Morgan fingerprint density at radius 2 is 1.58 bits per heavy atom. The molecule has 19 heavy (non-hydrogen) atoms. The zero-order chi connectivity index (χ0) is 13.1.